The Kier molecular flexibility index (Phi) is 63.1. The van der Waals surface area contributed by atoms with Crippen molar-refractivity contribution in [3.8, 4) is 0 Å². The Morgan fingerprint density at radius 3 is 0.988 bits per heavy atom. The van der Waals surface area contributed by atoms with Gasteiger partial charge in [0.25, 0.3) is 7.82 Å². The molecule has 2 unspecified atom stereocenters. The van der Waals surface area contributed by atoms with Crippen molar-refractivity contribution >= 4 is 19.8 Å². The van der Waals surface area contributed by atoms with Gasteiger partial charge in [-0.05, 0) is 109 Å². The normalized spacial score (nSPS) is 13.9. The molecular formula is C76H132NO8P. The van der Waals surface area contributed by atoms with E-state index >= 15 is 0 Å². The van der Waals surface area contributed by atoms with Crippen LogP contribution in [0.25, 0.3) is 0 Å². The number of esters is 2. The van der Waals surface area contributed by atoms with Crippen molar-refractivity contribution in [2.45, 2.75) is 302 Å². The molecule has 0 aliphatic rings. The first kappa shape index (κ1) is 82.4. The lowest BCUT2D eigenvalue weighted by Crippen LogP contribution is -2.37. The van der Waals surface area contributed by atoms with Gasteiger partial charge < -0.3 is 27.9 Å². The molecule has 9 nitrogen and oxygen atoms in total. The molecule has 0 saturated heterocycles. The summed E-state index contributed by atoms with van der Waals surface area (Å²) in [7, 11) is 1.16. The molecule has 0 spiro atoms. The predicted octanol–water partition coefficient (Wildman–Crippen LogP) is 22.4. The summed E-state index contributed by atoms with van der Waals surface area (Å²) in [5.74, 6) is -0.834. The second-order valence-electron chi connectivity index (χ2n) is 24.5. The van der Waals surface area contributed by atoms with E-state index in [2.05, 4.69) is 135 Å². The van der Waals surface area contributed by atoms with Crippen LogP contribution < -0.4 is 4.89 Å². The number of allylic oxidation sites excluding steroid dienone is 20. The Hall–Kier alpha value is -3.59. The average Bonchev–Trinajstić information content (AvgIpc) is 3.56. The molecule has 0 aliphatic heterocycles. The van der Waals surface area contributed by atoms with Crippen LogP contribution in [0, 0.1) is 0 Å². The van der Waals surface area contributed by atoms with E-state index in [-0.39, 0.29) is 32.0 Å². The van der Waals surface area contributed by atoms with Gasteiger partial charge in [-0.1, -0.05) is 296 Å². The molecule has 494 valence electrons. The number of rotatable bonds is 64. The second kappa shape index (κ2) is 65.8. The van der Waals surface area contributed by atoms with E-state index in [0.717, 1.165) is 96.3 Å². The Morgan fingerprint density at radius 1 is 0.372 bits per heavy atom. The highest BCUT2D eigenvalue weighted by Gasteiger charge is 2.22. The quantitative estimate of drug-likeness (QED) is 0.0195. The van der Waals surface area contributed by atoms with Gasteiger partial charge in [0.2, 0.25) is 0 Å². The third-order valence-electron chi connectivity index (χ3n) is 15.0. The van der Waals surface area contributed by atoms with Crippen molar-refractivity contribution in [1.29, 1.82) is 0 Å². The first-order valence-corrected chi connectivity index (χ1v) is 36.7. The molecular weight excluding hydrogens is 1090 g/mol. The van der Waals surface area contributed by atoms with Crippen LogP contribution in [0.15, 0.2) is 122 Å². The summed E-state index contributed by atoms with van der Waals surface area (Å²) in [6, 6.07) is 0. The van der Waals surface area contributed by atoms with Crippen LogP contribution in [0.5, 0.6) is 0 Å². The number of phosphoric acid groups is 1. The molecule has 2 atom stereocenters. The van der Waals surface area contributed by atoms with Gasteiger partial charge in [0.15, 0.2) is 6.10 Å². The van der Waals surface area contributed by atoms with Gasteiger partial charge >= 0.3 is 11.9 Å². The van der Waals surface area contributed by atoms with Crippen molar-refractivity contribution in [3.63, 3.8) is 0 Å². The third-order valence-corrected chi connectivity index (χ3v) is 15.9. The number of hydrogen-bond donors (Lipinski definition) is 0. The zero-order valence-corrected chi connectivity index (χ0v) is 57.1. The van der Waals surface area contributed by atoms with Gasteiger partial charge in [-0.3, -0.25) is 14.2 Å². The first-order valence-electron chi connectivity index (χ1n) is 35.2. The average molecular weight is 1220 g/mol. The zero-order valence-electron chi connectivity index (χ0n) is 56.2. The standard InChI is InChI=1S/C76H132NO8P/c1-6-8-10-12-14-16-18-20-22-24-26-28-30-32-34-35-36-37-38-39-40-41-43-45-47-49-51-53-55-57-59-61-63-65-67-69-76(79)85-74(73-84-86(80,81)83-71-70-77(3,4)5)72-82-75(78)68-66-64-62-60-58-56-54-52-50-48-46-44-42-33-31-29-27-25-23-21-19-17-15-13-11-9-7-2/h8,10,14,16,19-22,25-28,31-34,36-37,39-40,74H,6-7,9,11-13,15,17-18,23-24,29-30,35,38,41-73H2,1-5H3/b10-8-,16-14-,21-19-,22-20-,27-25-,28-26-,33-31-,34-32-,37-36-,40-39-. The lowest BCUT2D eigenvalue weighted by Gasteiger charge is -2.28. The first-order chi connectivity index (χ1) is 42.0. The summed E-state index contributed by atoms with van der Waals surface area (Å²) in [6.45, 7) is 4.13. The highest BCUT2D eigenvalue weighted by molar-refractivity contribution is 7.45. The molecule has 10 heteroatoms. The van der Waals surface area contributed by atoms with Gasteiger partial charge in [-0.2, -0.15) is 0 Å². The Morgan fingerprint density at radius 2 is 0.663 bits per heavy atom. The summed E-state index contributed by atoms with van der Waals surface area (Å²) in [5.41, 5.74) is 0. The molecule has 0 N–H and O–H groups in total. The van der Waals surface area contributed by atoms with Crippen LogP contribution >= 0.6 is 7.82 Å². The number of likely N-dealkylation sites (N-methyl/N-ethyl adjacent to an activating group) is 1. The number of unbranched alkanes of at least 4 members (excludes halogenated alkanes) is 30. The van der Waals surface area contributed by atoms with Crippen LogP contribution in [0.1, 0.15) is 296 Å². The largest absolute Gasteiger partial charge is 0.756 e. The fourth-order valence-electron chi connectivity index (χ4n) is 9.59. The summed E-state index contributed by atoms with van der Waals surface area (Å²) >= 11 is 0. The maximum Gasteiger partial charge on any atom is 0.306 e. The second-order valence-corrected chi connectivity index (χ2v) is 25.9. The van der Waals surface area contributed by atoms with E-state index in [0.29, 0.717) is 17.4 Å². The smallest absolute Gasteiger partial charge is 0.306 e. The van der Waals surface area contributed by atoms with Gasteiger partial charge in [-0.15, -0.1) is 0 Å². The molecule has 0 aromatic rings. The Labute approximate surface area is 530 Å². The highest BCUT2D eigenvalue weighted by Crippen LogP contribution is 2.38. The van der Waals surface area contributed by atoms with Gasteiger partial charge in [0.1, 0.15) is 19.8 Å². The van der Waals surface area contributed by atoms with E-state index in [9.17, 15) is 19.0 Å². The Balaban J connectivity index is 4.08. The minimum atomic E-state index is -4.65. The summed E-state index contributed by atoms with van der Waals surface area (Å²) < 4.78 is 34.3. The van der Waals surface area contributed by atoms with E-state index in [4.69, 9.17) is 18.5 Å². The Bertz CT molecular complexity index is 1870. The van der Waals surface area contributed by atoms with Crippen LogP contribution in [0.3, 0.4) is 0 Å². The van der Waals surface area contributed by atoms with Gasteiger partial charge in [0.05, 0.1) is 27.7 Å². The fourth-order valence-corrected chi connectivity index (χ4v) is 10.3. The summed E-state index contributed by atoms with van der Waals surface area (Å²) in [5, 5.41) is 0. The van der Waals surface area contributed by atoms with Crippen molar-refractivity contribution in [1.82, 2.24) is 0 Å². The molecule has 86 heavy (non-hydrogen) atoms. The molecule has 0 aromatic carbocycles. The van der Waals surface area contributed by atoms with Crippen molar-refractivity contribution in [2.24, 2.45) is 0 Å². The van der Waals surface area contributed by atoms with Crippen molar-refractivity contribution in [2.75, 3.05) is 47.5 Å². The number of phosphoric ester groups is 1. The molecule has 0 saturated carbocycles. The highest BCUT2D eigenvalue weighted by atomic mass is 31.2. The zero-order chi connectivity index (χ0) is 62.6. The summed E-state index contributed by atoms with van der Waals surface area (Å²) in [4.78, 5) is 38.1. The molecule has 0 radical (unpaired) electrons. The maximum absolute atomic E-state index is 12.9. The maximum atomic E-state index is 12.9. The molecule has 0 aromatic heterocycles. The van der Waals surface area contributed by atoms with Crippen LogP contribution in [-0.4, -0.2) is 70.0 Å². The van der Waals surface area contributed by atoms with E-state index in [1.54, 1.807) is 0 Å². The topological polar surface area (TPSA) is 111 Å². The monoisotopic (exact) mass is 1220 g/mol. The molecule has 0 bridgehead atoms. The number of carbonyl (C=O) groups is 2. The van der Waals surface area contributed by atoms with Gasteiger partial charge in [-0.25, -0.2) is 0 Å². The van der Waals surface area contributed by atoms with Crippen molar-refractivity contribution < 1.29 is 42.1 Å². The minimum absolute atomic E-state index is 0.0357. The van der Waals surface area contributed by atoms with Crippen molar-refractivity contribution in [3.05, 3.63) is 122 Å². The minimum Gasteiger partial charge on any atom is -0.756 e. The third kappa shape index (κ3) is 69.5. The summed E-state index contributed by atoms with van der Waals surface area (Å²) in [6.07, 6.45) is 94.1. The number of hydrogen-bond acceptors (Lipinski definition) is 8. The fraction of sp³-hybridized carbons (Fsp3) is 0.711. The number of quaternary nitrogens is 1. The van der Waals surface area contributed by atoms with E-state index in [1.165, 1.54) is 167 Å². The lowest BCUT2D eigenvalue weighted by atomic mass is 10.0. The molecule has 0 rings (SSSR count). The molecule has 0 heterocycles. The SMILES string of the molecule is CC/C=C\C/C=C\C/C=C\C/C=C\C/C=C\C/C=C\C/C=C\CCCCCCCCCCCCCCCC(=O)OC(COC(=O)CCCCCCCCCCCCCC/C=C\C/C=C\C/C=C\CCCCCCC)COP(=O)([O-])OCC[N+](C)(C)C. The van der Waals surface area contributed by atoms with Crippen LogP contribution in [0.2, 0.25) is 0 Å². The van der Waals surface area contributed by atoms with E-state index in [1.807, 2.05) is 21.1 Å². The van der Waals surface area contributed by atoms with Crippen LogP contribution in [0.4, 0.5) is 0 Å². The molecule has 0 amide bonds. The molecule has 0 aliphatic carbocycles. The van der Waals surface area contributed by atoms with Gasteiger partial charge in [0, 0.05) is 12.8 Å². The number of carbonyl (C=O) groups excluding carboxylic acids is 2. The number of nitrogens with zero attached hydrogens (tertiary/aromatic N) is 1. The number of ether oxygens (including phenoxy) is 2. The molecule has 0 fully saturated rings. The van der Waals surface area contributed by atoms with E-state index < -0.39 is 26.5 Å². The van der Waals surface area contributed by atoms with Crippen LogP contribution in [-0.2, 0) is 32.7 Å². The predicted molar refractivity (Wildman–Crippen MR) is 369 cm³/mol. The lowest BCUT2D eigenvalue weighted by molar-refractivity contribution is -0.870.